The van der Waals surface area contributed by atoms with Gasteiger partial charge in [0.05, 0.1) is 23.0 Å². The van der Waals surface area contributed by atoms with E-state index in [1.807, 2.05) is 18.5 Å². The molecule has 0 saturated carbocycles. The highest BCUT2D eigenvalue weighted by Crippen LogP contribution is 2.22. The molecule has 0 fully saturated rings. The average molecular weight is 264 g/mol. The minimum absolute atomic E-state index is 0.382. The Bertz CT molecular complexity index is 590. The average Bonchev–Trinajstić information content (AvgIpc) is 2.95. The highest BCUT2D eigenvalue weighted by molar-refractivity contribution is 6.31. The number of aryl methyl sites for hydroxylation is 2. The second-order valence-corrected chi connectivity index (χ2v) is 4.25. The van der Waals surface area contributed by atoms with Gasteiger partial charge in [-0.2, -0.15) is 10.4 Å². The molecule has 5 nitrogen and oxygen atoms in total. The lowest BCUT2D eigenvalue weighted by Gasteiger charge is -2.06. The largest absolute Gasteiger partial charge is 0.317 e. The Labute approximate surface area is 111 Å². The zero-order valence-electron chi connectivity index (χ0n) is 10.4. The molecule has 2 rings (SSSR count). The lowest BCUT2D eigenvalue weighted by molar-refractivity contribution is 0.593. The predicted molar refractivity (Wildman–Crippen MR) is 68.3 cm³/mol. The Morgan fingerprint density at radius 3 is 2.83 bits per heavy atom. The first kappa shape index (κ1) is 12.7. The summed E-state index contributed by atoms with van der Waals surface area (Å²) in [5, 5.41) is 14.1. The molecule has 18 heavy (non-hydrogen) atoms. The summed E-state index contributed by atoms with van der Waals surface area (Å²) in [6, 6.07) is 2.05. The molecule has 0 N–H and O–H groups in total. The van der Waals surface area contributed by atoms with Crippen molar-refractivity contribution in [3.63, 3.8) is 0 Å². The van der Waals surface area contributed by atoms with Gasteiger partial charge in [0, 0.05) is 18.9 Å². The monoisotopic (exact) mass is 263 g/mol. The van der Waals surface area contributed by atoms with Crippen LogP contribution < -0.4 is 0 Å². The molecule has 0 radical (unpaired) electrons. The van der Waals surface area contributed by atoms with E-state index >= 15 is 0 Å². The summed E-state index contributed by atoms with van der Waals surface area (Å²) in [4.78, 5) is 3.97. The summed E-state index contributed by atoms with van der Waals surface area (Å²) in [6.45, 7) is 5.31. The number of halogens is 1. The van der Waals surface area contributed by atoms with Gasteiger partial charge in [0.15, 0.2) is 0 Å². The van der Waals surface area contributed by atoms with Crippen LogP contribution >= 0.6 is 11.6 Å². The molecule has 6 heteroatoms. The quantitative estimate of drug-likeness (QED) is 0.850. The van der Waals surface area contributed by atoms with Crippen molar-refractivity contribution in [2.24, 2.45) is 0 Å². The van der Waals surface area contributed by atoms with E-state index in [1.165, 1.54) is 0 Å². The van der Waals surface area contributed by atoms with Crippen LogP contribution in [0, 0.1) is 11.3 Å². The van der Waals surface area contributed by atoms with Crippen molar-refractivity contribution in [1.82, 2.24) is 19.3 Å². The summed E-state index contributed by atoms with van der Waals surface area (Å²) in [7, 11) is 0. The maximum atomic E-state index is 8.94. The van der Waals surface area contributed by atoms with Gasteiger partial charge in [0.1, 0.15) is 6.07 Å². The van der Waals surface area contributed by atoms with Crippen LogP contribution in [-0.2, 0) is 19.5 Å². The number of imidazole rings is 1. The van der Waals surface area contributed by atoms with E-state index in [1.54, 1.807) is 17.0 Å². The summed E-state index contributed by atoms with van der Waals surface area (Å²) in [5.74, 6) is 0.382. The first-order chi connectivity index (χ1) is 8.71. The molecule has 0 aliphatic heterocycles. The molecular formula is C12H14ClN5. The Hall–Kier alpha value is -1.80. The summed E-state index contributed by atoms with van der Waals surface area (Å²) < 4.78 is 3.65. The van der Waals surface area contributed by atoms with Gasteiger partial charge < -0.3 is 4.57 Å². The van der Waals surface area contributed by atoms with Crippen molar-refractivity contribution in [3.8, 4) is 6.07 Å². The Morgan fingerprint density at radius 1 is 1.44 bits per heavy atom. The van der Waals surface area contributed by atoms with E-state index in [9.17, 15) is 0 Å². The third kappa shape index (κ3) is 2.12. The highest BCUT2D eigenvalue weighted by Gasteiger charge is 2.15. The fourth-order valence-electron chi connectivity index (χ4n) is 1.88. The van der Waals surface area contributed by atoms with Gasteiger partial charge in [-0.25, -0.2) is 4.98 Å². The second kappa shape index (κ2) is 5.23. The molecule has 2 aromatic rings. The molecule has 0 amide bonds. The lowest BCUT2D eigenvalue weighted by Crippen LogP contribution is -2.09. The second-order valence-electron chi connectivity index (χ2n) is 3.87. The van der Waals surface area contributed by atoms with E-state index in [0.29, 0.717) is 17.4 Å². The van der Waals surface area contributed by atoms with Crippen molar-refractivity contribution in [1.29, 1.82) is 5.26 Å². The molecule has 2 heterocycles. The van der Waals surface area contributed by atoms with Gasteiger partial charge in [-0.05, 0) is 13.3 Å². The number of nitriles is 1. The fraction of sp³-hybridized carbons (Fsp3) is 0.417. The fourth-order valence-corrected chi connectivity index (χ4v) is 2.21. The predicted octanol–water partition coefficient (Wildman–Crippen LogP) is 2.24. The van der Waals surface area contributed by atoms with Gasteiger partial charge >= 0.3 is 0 Å². The number of nitrogens with zero attached hydrogens (tertiary/aromatic N) is 5. The van der Waals surface area contributed by atoms with Gasteiger partial charge in [-0.15, -0.1) is 0 Å². The molecule has 0 aromatic carbocycles. The van der Waals surface area contributed by atoms with Crippen molar-refractivity contribution in [2.75, 3.05) is 0 Å². The number of rotatable bonds is 4. The summed E-state index contributed by atoms with van der Waals surface area (Å²) in [5.41, 5.74) is 1.82. The van der Waals surface area contributed by atoms with Gasteiger partial charge in [-0.1, -0.05) is 18.5 Å². The lowest BCUT2D eigenvalue weighted by atomic mass is 10.3. The molecule has 0 unspecified atom stereocenters. The van der Waals surface area contributed by atoms with E-state index in [2.05, 4.69) is 16.2 Å². The van der Waals surface area contributed by atoms with Crippen LogP contribution in [0.5, 0.6) is 0 Å². The van der Waals surface area contributed by atoms with E-state index in [0.717, 1.165) is 24.4 Å². The van der Waals surface area contributed by atoms with Crippen LogP contribution in [0.1, 0.15) is 31.1 Å². The Kier molecular flexibility index (Phi) is 3.68. The Balaban J connectivity index is 2.40. The normalized spacial score (nSPS) is 10.6. The van der Waals surface area contributed by atoms with E-state index < -0.39 is 0 Å². The third-order valence-electron chi connectivity index (χ3n) is 2.83. The SMILES string of the molecule is CCc1nn(CC)c(Cn2ccnc2C#N)c1Cl. The smallest absolute Gasteiger partial charge is 0.213 e. The van der Waals surface area contributed by atoms with Gasteiger partial charge in [0.25, 0.3) is 0 Å². The molecule has 94 valence electrons. The van der Waals surface area contributed by atoms with Crippen molar-refractivity contribution in [2.45, 2.75) is 33.4 Å². The van der Waals surface area contributed by atoms with Crippen LogP contribution in [0.2, 0.25) is 5.02 Å². The number of hydrogen-bond acceptors (Lipinski definition) is 3. The van der Waals surface area contributed by atoms with E-state index in [4.69, 9.17) is 16.9 Å². The molecule has 0 atom stereocenters. The first-order valence-corrected chi connectivity index (χ1v) is 6.24. The van der Waals surface area contributed by atoms with Crippen molar-refractivity contribution in [3.05, 3.63) is 34.6 Å². The molecule has 0 aliphatic rings. The molecular weight excluding hydrogens is 250 g/mol. The molecule has 0 saturated heterocycles. The maximum Gasteiger partial charge on any atom is 0.213 e. The molecule has 0 spiro atoms. The van der Waals surface area contributed by atoms with Crippen LogP contribution in [0.25, 0.3) is 0 Å². The third-order valence-corrected chi connectivity index (χ3v) is 3.27. The topological polar surface area (TPSA) is 59.4 Å². The van der Waals surface area contributed by atoms with Crippen molar-refractivity contribution >= 4 is 11.6 Å². The van der Waals surface area contributed by atoms with Crippen molar-refractivity contribution < 1.29 is 0 Å². The number of aromatic nitrogens is 4. The summed E-state index contributed by atoms with van der Waals surface area (Å²) >= 11 is 6.32. The maximum absolute atomic E-state index is 8.94. The Morgan fingerprint density at radius 2 is 2.22 bits per heavy atom. The minimum atomic E-state index is 0.382. The van der Waals surface area contributed by atoms with Crippen LogP contribution in [0.15, 0.2) is 12.4 Å². The highest BCUT2D eigenvalue weighted by atomic mass is 35.5. The zero-order valence-corrected chi connectivity index (χ0v) is 11.1. The molecule has 0 aliphatic carbocycles. The van der Waals surface area contributed by atoms with Crippen LogP contribution in [-0.4, -0.2) is 19.3 Å². The van der Waals surface area contributed by atoms with Crippen LogP contribution in [0.4, 0.5) is 0 Å². The molecule has 0 bridgehead atoms. The standard InChI is InChI=1S/C12H14ClN5/c1-3-9-12(13)10(18(4-2)16-9)8-17-6-5-15-11(17)7-14/h5-6H,3-4,8H2,1-2H3. The number of hydrogen-bond donors (Lipinski definition) is 0. The minimum Gasteiger partial charge on any atom is -0.317 e. The van der Waals surface area contributed by atoms with Crippen LogP contribution in [0.3, 0.4) is 0 Å². The molecule has 2 aromatic heterocycles. The van der Waals surface area contributed by atoms with Gasteiger partial charge in [-0.3, -0.25) is 4.68 Å². The van der Waals surface area contributed by atoms with E-state index in [-0.39, 0.29) is 0 Å². The zero-order chi connectivity index (χ0) is 13.1. The van der Waals surface area contributed by atoms with Gasteiger partial charge in [0.2, 0.25) is 5.82 Å². The first-order valence-electron chi connectivity index (χ1n) is 5.86. The summed E-state index contributed by atoms with van der Waals surface area (Å²) in [6.07, 6.45) is 4.18.